The number of hydrogen-bond donors (Lipinski definition) is 1. The van der Waals surface area contributed by atoms with Crippen molar-refractivity contribution >= 4 is 11.5 Å². The molecule has 4 aliphatic carbocycles. The molecule has 0 amide bonds. The lowest BCUT2D eigenvalue weighted by Gasteiger charge is -2.58. The summed E-state index contributed by atoms with van der Waals surface area (Å²) in [6.07, 6.45) is 7.78. The summed E-state index contributed by atoms with van der Waals surface area (Å²) >= 11 is 0. The van der Waals surface area contributed by atoms with Gasteiger partial charge in [0.25, 0.3) is 0 Å². The normalized spacial score (nSPS) is 50.7. The van der Waals surface area contributed by atoms with Crippen molar-refractivity contribution in [2.45, 2.75) is 78.0 Å². The van der Waals surface area contributed by atoms with Crippen LogP contribution in [0.3, 0.4) is 0 Å². The molecule has 5 heteroatoms. The molecule has 0 radical (unpaired) electrons. The first kappa shape index (κ1) is 19.7. The molecular formula is C24H35FN2O2. The molecule has 1 saturated heterocycles. The molecule has 5 aliphatic rings. The Balaban J connectivity index is 1.41. The molecule has 5 rings (SSSR count). The summed E-state index contributed by atoms with van der Waals surface area (Å²) < 4.78 is 14.4. The third-order valence-corrected chi connectivity index (χ3v) is 9.33. The Bertz CT molecular complexity index is 758. The molecule has 0 bridgehead atoms. The number of halogens is 1. The van der Waals surface area contributed by atoms with Crippen LogP contribution in [0.2, 0.25) is 0 Å². The molecule has 5 unspecified atom stereocenters. The fraction of sp³-hybridized carbons (Fsp3) is 0.833. The minimum absolute atomic E-state index is 0.114. The van der Waals surface area contributed by atoms with Crippen LogP contribution in [0.15, 0.2) is 16.8 Å². The number of fused-ring (bicyclic) bond motifs is 5. The molecular weight excluding hydrogens is 367 g/mol. The second-order valence-corrected chi connectivity index (χ2v) is 10.9. The highest BCUT2D eigenvalue weighted by Gasteiger charge is 2.62. The number of carbonyl (C=O) groups is 1. The van der Waals surface area contributed by atoms with Crippen LogP contribution in [-0.2, 0) is 9.63 Å². The van der Waals surface area contributed by atoms with Crippen LogP contribution < -0.4 is 5.32 Å². The summed E-state index contributed by atoms with van der Waals surface area (Å²) in [4.78, 5) is 18.4. The molecule has 3 saturated carbocycles. The van der Waals surface area contributed by atoms with Gasteiger partial charge in [0.1, 0.15) is 6.10 Å². The van der Waals surface area contributed by atoms with Crippen LogP contribution in [-0.4, -0.2) is 36.9 Å². The van der Waals surface area contributed by atoms with E-state index >= 15 is 0 Å². The summed E-state index contributed by atoms with van der Waals surface area (Å²) in [5.41, 5.74) is 2.31. The van der Waals surface area contributed by atoms with E-state index in [0.717, 1.165) is 57.3 Å². The van der Waals surface area contributed by atoms with Gasteiger partial charge in [0, 0.05) is 18.4 Å². The van der Waals surface area contributed by atoms with Crippen molar-refractivity contribution in [1.82, 2.24) is 5.32 Å². The Morgan fingerprint density at radius 2 is 2.00 bits per heavy atom. The SMILES string of the molecule is CC1CC2C(CC[C@]3(C)C(=O)[C@H](F)CC23)[C@@]2(C)CCC(=NOC3CCNC3)C=C12. The predicted molar refractivity (Wildman–Crippen MR) is 111 cm³/mol. The summed E-state index contributed by atoms with van der Waals surface area (Å²) in [6, 6.07) is 0. The van der Waals surface area contributed by atoms with Crippen molar-refractivity contribution < 1.29 is 14.0 Å². The number of oxime groups is 1. The maximum atomic E-state index is 14.4. The van der Waals surface area contributed by atoms with Crippen molar-refractivity contribution in [3.8, 4) is 0 Å². The van der Waals surface area contributed by atoms with E-state index in [9.17, 15) is 9.18 Å². The zero-order chi connectivity index (χ0) is 20.4. The molecule has 0 aromatic carbocycles. The van der Waals surface area contributed by atoms with Gasteiger partial charge in [-0.1, -0.05) is 31.5 Å². The smallest absolute Gasteiger partial charge is 0.173 e. The first-order valence-corrected chi connectivity index (χ1v) is 11.7. The van der Waals surface area contributed by atoms with E-state index in [2.05, 4.69) is 37.3 Å². The molecule has 1 N–H and O–H groups in total. The first-order chi connectivity index (χ1) is 13.8. The predicted octanol–water partition coefficient (Wildman–Crippen LogP) is 4.45. The van der Waals surface area contributed by atoms with Gasteiger partial charge in [0.05, 0.1) is 5.71 Å². The first-order valence-electron chi connectivity index (χ1n) is 11.7. The van der Waals surface area contributed by atoms with Crippen LogP contribution in [0.5, 0.6) is 0 Å². The third kappa shape index (κ3) is 2.94. The van der Waals surface area contributed by atoms with Crippen LogP contribution in [0.4, 0.5) is 4.39 Å². The van der Waals surface area contributed by atoms with Gasteiger partial charge < -0.3 is 10.2 Å². The Labute approximate surface area is 173 Å². The van der Waals surface area contributed by atoms with Crippen molar-refractivity contribution in [3.63, 3.8) is 0 Å². The number of ketones is 1. The average molecular weight is 403 g/mol. The monoisotopic (exact) mass is 402 g/mol. The van der Waals surface area contributed by atoms with Gasteiger partial charge in [0.15, 0.2) is 12.0 Å². The van der Waals surface area contributed by atoms with Crippen molar-refractivity contribution in [3.05, 3.63) is 11.6 Å². The number of carbonyl (C=O) groups excluding carboxylic acids is 1. The van der Waals surface area contributed by atoms with Crippen LogP contribution >= 0.6 is 0 Å². The number of nitrogens with zero attached hydrogens (tertiary/aromatic N) is 1. The van der Waals surface area contributed by atoms with E-state index in [0.29, 0.717) is 24.2 Å². The van der Waals surface area contributed by atoms with Gasteiger partial charge in [-0.15, -0.1) is 0 Å². The Kier molecular flexibility index (Phi) is 4.69. The van der Waals surface area contributed by atoms with E-state index in [4.69, 9.17) is 4.84 Å². The lowest BCUT2D eigenvalue weighted by molar-refractivity contribution is -0.135. The summed E-state index contributed by atoms with van der Waals surface area (Å²) in [7, 11) is 0. The molecule has 4 nitrogen and oxygen atoms in total. The summed E-state index contributed by atoms with van der Waals surface area (Å²) in [5, 5.41) is 7.83. The number of rotatable bonds is 2. The lowest BCUT2D eigenvalue weighted by Crippen LogP contribution is -2.52. The molecule has 160 valence electrons. The molecule has 1 aliphatic heterocycles. The zero-order valence-electron chi connectivity index (χ0n) is 18.0. The van der Waals surface area contributed by atoms with E-state index in [-0.39, 0.29) is 23.2 Å². The van der Waals surface area contributed by atoms with E-state index in [1.165, 1.54) is 5.57 Å². The minimum Gasteiger partial charge on any atom is -0.391 e. The zero-order valence-corrected chi connectivity index (χ0v) is 18.0. The van der Waals surface area contributed by atoms with Gasteiger partial charge >= 0.3 is 0 Å². The van der Waals surface area contributed by atoms with E-state index < -0.39 is 11.6 Å². The van der Waals surface area contributed by atoms with Gasteiger partial charge in [-0.3, -0.25) is 4.79 Å². The van der Waals surface area contributed by atoms with Crippen LogP contribution in [0.1, 0.15) is 65.7 Å². The number of allylic oxidation sites excluding steroid dienone is 2. The molecule has 0 aromatic heterocycles. The molecule has 29 heavy (non-hydrogen) atoms. The van der Waals surface area contributed by atoms with Gasteiger partial charge in [-0.05, 0) is 80.2 Å². The van der Waals surface area contributed by atoms with Gasteiger partial charge in [-0.25, -0.2) is 4.39 Å². The van der Waals surface area contributed by atoms with Crippen molar-refractivity contribution in [1.29, 1.82) is 0 Å². The maximum absolute atomic E-state index is 14.4. The fourth-order valence-corrected chi connectivity index (χ4v) is 7.68. The Hall–Kier alpha value is -1.23. The number of hydrogen-bond acceptors (Lipinski definition) is 4. The Morgan fingerprint density at radius 1 is 1.17 bits per heavy atom. The second kappa shape index (κ2) is 6.90. The number of nitrogens with one attached hydrogen (secondary N) is 1. The fourth-order valence-electron chi connectivity index (χ4n) is 7.68. The van der Waals surface area contributed by atoms with Crippen LogP contribution in [0.25, 0.3) is 0 Å². The van der Waals surface area contributed by atoms with Gasteiger partial charge in [0.2, 0.25) is 0 Å². The maximum Gasteiger partial charge on any atom is 0.173 e. The van der Waals surface area contributed by atoms with Crippen molar-refractivity contribution in [2.75, 3.05) is 13.1 Å². The largest absolute Gasteiger partial charge is 0.391 e. The topological polar surface area (TPSA) is 50.7 Å². The van der Waals surface area contributed by atoms with Crippen molar-refractivity contribution in [2.24, 2.45) is 39.7 Å². The minimum atomic E-state index is -1.24. The van der Waals surface area contributed by atoms with Gasteiger partial charge in [-0.2, -0.15) is 0 Å². The quantitative estimate of drug-likeness (QED) is 0.695. The standard InChI is InChI=1S/C24H35FN2O2/c1-14-10-17-18(5-8-24(3)20(17)12-21(25)22(24)28)23(2)7-4-15(11-19(14)23)27-29-16-6-9-26-13-16/h11,14,16-18,20-21,26H,4-10,12-13H2,1-3H3/t14?,16?,17?,18?,20?,21-,23-,24+/m1/s1. The molecule has 0 aromatic rings. The lowest BCUT2D eigenvalue weighted by atomic mass is 9.46. The third-order valence-electron chi connectivity index (χ3n) is 9.33. The molecule has 8 atom stereocenters. The second-order valence-electron chi connectivity index (χ2n) is 10.9. The summed E-state index contributed by atoms with van der Waals surface area (Å²) in [5.74, 6) is 1.59. The Morgan fingerprint density at radius 3 is 2.76 bits per heavy atom. The summed E-state index contributed by atoms with van der Waals surface area (Å²) in [6.45, 7) is 8.70. The van der Waals surface area contributed by atoms with E-state index in [1.54, 1.807) is 0 Å². The highest BCUT2D eigenvalue weighted by atomic mass is 19.1. The highest BCUT2D eigenvalue weighted by Crippen LogP contribution is 2.65. The van der Waals surface area contributed by atoms with E-state index in [1.807, 2.05) is 0 Å². The molecule has 4 fully saturated rings. The van der Waals surface area contributed by atoms with Crippen LogP contribution in [0, 0.1) is 34.5 Å². The highest BCUT2D eigenvalue weighted by molar-refractivity contribution is 5.96. The average Bonchev–Trinajstić information content (AvgIpc) is 3.29. The molecule has 0 spiro atoms. The number of alkyl halides is 1. The number of Topliss-reactive ketones (excluding diaryl/α,β-unsaturated/α-hetero) is 1. The molecule has 1 heterocycles.